The van der Waals surface area contributed by atoms with Crippen LogP contribution >= 0.6 is 11.8 Å². The summed E-state index contributed by atoms with van der Waals surface area (Å²) in [6.45, 7) is 16.1. The predicted octanol–water partition coefficient (Wildman–Crippen LogP) is 4.57. The van der Waals surface area contributed by atoms with E-state index < -0.39 is 0 Å². The third-order valence-corrected chi connectivity index (χ3v) is 5.19. The van der Waals surface area contributed by atoms with E-state index in [9.17, 15) is 0 Å². The summed E-state index contributed by atoms with van der Waals surface area (Å²) in [7, 11) is 0. The van der Waals surface area contributed by atoms with E-state index in [4.69, 9.17) is 0 Å². The molecular formula is C19H32N2S. The lowest BCUT2D eigenvalue weighted by atomic mass is 9.95. The average Bonchev–Trinajstić information content (AvgIpc) is 2.45. The third kappa shape index (κ3) is 5.29. The lowest BCUT2D eigenvalue weighted by Crippen LogP contribution is -2.45. The first-order valence-corrected chi connectivity index (χ1v) is 9.41. The summed E-state index contributed by atoms with van der Waals surface area (Å²) in [5, 5.41) is 3.48. The molecule has 0 spiro atoms. The first-order chi connectivity index (χ1) is 10.4. The largest absolute Gasteiger partial charge is 0.314 e. The Balaban J connectivity index is 2.29. The van der Waals surface area contributed by atoms with Crippen molar-refractivity contribution in [1.29, 1.82) is 0 Å². The molecule has 0 saturated carbocycles. The molecule has 124 valence electrons. The van der Waals surface area contributed by atoms with Gasteiger partial charge in [-0.1, -0.05) is 52.8 Å². The van der Waals surface area contributed by atoms with Crippen LogP contribution in [0.5, 0.6) is 0 Å². The van der Waals surface area contributed by atoms with Crippen LogP contribution in [-0.4, -0.2) is 35.8 Å². The summed E-state index contributed by atoms with van der Waals surface area (Å²) in [6.07, 6.45) is 1.24. The number of benzene rings is 1. The Bertz CT molecular complexity index is 459. The minimum absolute atomic E-state index is 0.252. The molecule has 22 heavy (non-hydrogen) atoms. The van der Waals surface area contributed by atoms with Crippen molar-refractivity contribution in [2.45, 2.75) is 56.7 Å². The zero-order valence-electron chi connectivity index (χ0n) is 14.9. The van der Waals surface area contributed by atoms with Gasteiger partial charge in [-0.25, -0.2) is 0 Å². The zero-order chi connectivity index (χ0) is 16.2. The van der Waals surface area contributed by atoms with E-state index in [0.717, 1.165) is 26.2 Å². The minimum Gasteiger partial charge on any atom is -0.314 e. The van der Waals surface area contributed by atoms with Gasteiger partial charge in [-0.3, -0.25) is 4.90 Å². The molecule has 0 aliphatic carbocycles. The number of hydrogen-bond donors (Lipinski definition) is 1. The van der Waals surface area contributed by atoms with Crippen LogP contribution in [0.3, 0.4) is 0 Å². The fraction of sp³-hybridized carbons (Fsp3) is 0.684. The molecule has 1 N–H and O–H groups in total. The van der Waals surface area contributed by atoms with Gasteiger partial charge in [0.15, 0.2) is 0 Å². The van der Waals surface area contributed by atoms with Crippen molar-refractivity contribution in [3.8, 4) is 0 Å². The Labute approximate surface area is 141 Å². The second-order valence-corrected chi connectivity index (χ2v) is 9.55. The van der Waals surface area contributed by atoms with Crippen molar-refractivity contribution in [1.82, 2.24) is 10.2 Å². The molecule has 0 bridgehead atoms. The molecule has 3 heteroatoms. The van der Waals surface area contributed by atoms with Gasteiger partial charge in [0.2, 0.25) is 0 Å². The smallest absolute Gasteiger partial charge is 0.0362 e. The van der Waals surface area contributed by atoms with Crippen LogP contribution in [0.4, 0.5) is 0 Å². The monoisotopic (exact) mass is 320 g/mol. The van der Waals surface area contributed by atoms with E-state index in [1.54, 1.807) is 0 Å². The summed E-state index contributed by atoms with van der Waals surface area (Å²) in [5.74, 6) is 0.715. The molecule has 1 fully saturated rings. The van der Waals surface area contributed by atoms with Gasteiger partial charge in [0.05, 0.1) is 0 Å². The third-order valence-electron chi connectivity index (χ3n) is 3.98. The fourth-order valence-electron chi connectivity index (χ4n) is 3.09. The Hall–Kier alpha value is -0.510. The second kappa shape index (κ2) is 7.85. The molecule has 2 nitrogen and oxygen atoms in total. The molecule has 1 aromatic rings. The zero-order valence-corrected chi connectivity index (χ0v) is 15.7. The van der Waals surface area contributed by atoms with Gasteiger partial charge in [-0.05, 0) is 24.0 Å². The number of piperazine rings is 1. The molecular weight excluding hydrogens is 288 g/mol. The highest BCUT2D eigenvalue weighted by Crippen LogP contribution is 2.39. The van der Waals surface area contributed by atoms with Crippen LogP contribution in [0.25, 0.3) is 0 Å². The lowest BCUT2D eigenvalue weighted by Gasteiger charge is -2.37. The maximum atomic E-state index is 3.48. The van der Waals surface area contributed by atoms with Crippen LogP contribution in [-0.2, 0) is 0 Å². The molecule has 1 aliphatic rings. The molecule has 2 rings (SSSR count). The molecule has 1 atom stereocenters. The average molecular weight is 321 g/mol. The van der Waals surface area contributed by atoms with Gasteiger partial charge in [0, 0.05) is 41.9 Å². The van der Waals surface area contributed by atoms with Crippen LogP contribution in [0.2, 0.25) is 0 Å². The number of nitrogens with zero attached hydrogens (tertiary/aromatic N) is 1. The van der Waals surface area contributed by atoms with Gasteiger partial charge in [0.1, 0.15) is 0 Å². The van der Waals surface area contributed by atoms with Gasteiger partial charge in [-0.15, -0.1) is 11.8 Å². The van der Waals surface area contributed by atoms with Gasteiger partial charge in [0.25, 0.3) is 0 Å². The summed E-state index contributed by atoms with van der Waals surface area (Å²) in [6, 6.07) is 9.59. The van der Waals surface area contributed by atoms with Gasteiger partial charge < -0.3 is 5.32 Å². The standard InChI is InChI=1S/C19H32N2S/c1-15(2)14-17(21-12-10-20-11-13-21)16-8-6-7-9-18(16)22-19(3,4)5/h6-9,15,17,20H,10-14H2,1-5H3/t17-/m0/s1. The van der Waals surface area contributed by atoms with Crippen molar-refractivity contribution in [2.75, 3.05) is 26.2 Å². The Kier molecular flexibility index (Phi) is 6.36. The van der Waals surface area contributed by atoms with E-state index in [2.05, 4.69) is 69.1 Å². The Morgan fingerprint density at radius 3 is 2.36 bits per heavy atom. The van der Waals surface area contributed by atoms with Crippen LogP contribution in [0.1, 0.15) is 52.6 Å². The maximum absolute atomic E-state index is 3.48. The van der Waals surface area contributed by atoms with E-state index in [0.29, 0.717) is 12.0 Å². The number of rotatable bonds is 5. The summed E-state index contributed by atoms with van der Waals surface area (Å²) in [4.78, 5) is 4.14. The van der Waals surface area contributed by atoms with E-state index in [1.807, 2.05) is 11.8 Å². The highest BCUT2D eigenvalue weighted by molar-refractivity contribution is 8.00. The van der Waals surface area contributed by atoms with E-state index >= 15 is 0 Å². The van der Waals surface area contributed by atoms with Crippen molar-refractivity contribution < 1.29 is 0 Å². The fourth-order valence-corrected chi connectivity index (χ4v) is 4.22. The predicted molar refractivity (Wildman–Crippen MR) is 98.7 cm³/mol. The van der Waals surface area contributed by atoms with Crippen molar-refractivity contribution in [3.63, 3.8) is 0 Å². The highest BCUT2D eigenvalue weighted by Gasteiger charge is 2.26. The van der Waals surface area contributed by atoms with Crippen LogP contribution < -0.4 is 5.32 Å². The SMILES string of the molecule is CC(C)C[C@@H](c1ccccc1SC(C)(C)C)N1CCNCC1. The summed E-state index contributed by atoms with van der Waals surface area (Å²) >= 11 is 2.00. The first-order valence-electron chi connectivity index (χ1n) is 8.59. The van der Waals surface area contributed by atoms with Crippen LogP contribution in [0.15, 0.2) is 29.2 Å². The summed E-state index contributed by atoms with van der Waals surface area (Å²) in [5.41, 5.74) is 1.53. The lowest BCUT2D eigenvalue weighted by molar-refractivity contribution is 0.152. The highest BCUT2D eigenvalue weighted by atomic mass is 32.2. The van der Waals surface area contributed by atoms with E-state index in [-0.39, 0.29) is 4.75 Å². The van der Waals surface area contributed by atoms with Crippen LogP contribution in [0, 0.1) is 5.92 Å². The topological polar surface area (TPSA) is 15.3 Å². The normalized spacial score (nSPS) is 18.6. The Morgan fingerprint density at radius 2 is 1.77 bits per heavy atom. The van der Waals surface area contributed by atoms with E-state index in [1.165, 1.54) is 16.9 Å². The quantitative estimate of drug-likeness (QED) is 0.800. The van der Waals surface area contributed by atoms with Crippen molar-refractivity contribution in [3.05, 3.63) is 29.8 Å². The van der Waals surface area contributed by atoms with Crippen molar-refractivity contribution in [2.24, 2.45) is 5.92 Å². The molecule has 0 aromatic heterocycles. The van der Waals surface area contributed by atoms with Gasteiger partial charge >= 0.3 is 0 Å². The number of nitrogens with one attached hydrogen (secondary N) is 1. The van der Waals surface area contributed by atoms with Crippen molar-refractivity contribution >= 4 is 11.8 Å². The molecule has 0 amide bonds. The van der Waals surface area contributed by atoms with Gasteiger partial charge in [-0.2, -0.15) is 0 Å². The number of hydrogen-bond acceptors (Lipinski definition) is 3. The molecule has 1 heterocycles. The second-order valence-electron chi connectivity index (χ2n) is 7.68. The Morgan fingerprint density at radius 1 is 1.14 bits per heavy atom. The minimum atomic E-state index is 0.252. The number of thioether (sulfide) groups is 1. The molecule has 0 unspecified atom stereocenters. The first kappa shape index (κ1) is 17.8. The molecule has 1 aromatic carbocycles. The summed E-state index contributed by atoms with van der Waals surface area (Å²) < 4.78 is 0.252. The molecule has 1 saturated heterocycles. The maximum Gasteiger partial charge on any atom is 0.0362 e. The molecule has 0 radical (unpaired) electrons. The molecule has 1 aliphatic heterocycles.